The topological polar surface area (TPSA) is 81.2 Å². The lowest BCUT2D eigenvalue weighted by Gasteiger charge is -2.24. The highest BCUT2D eigenvalue weighted by Crippen LogP contribution is 2.26. The lowest BCUT2D eigenvalue weighted by atomic mass is 10.1. The minimum Gasteiger partial charge on any atom is -0.381 e. The molecule has 1 aromatic rings. The molecule has 0 saturated carbocycles. The number of anilines is 1. The molecule has 2 rings (SSSR count). The highest BCUT2D eigenvalue weighted by molar-refractivity contribution is 7.89. The number of aryl methyl sites for hydroxylation is 1. The van der Waals surface area contributed by atoms with Gasteiger partial charge in [0.15, 0.2) is 5.82 Å². The van der Waals surface area contributed by atoms with Gasteiger partial charge in [-0.3, -0.25) is 4.68 Å². The molecule has 0 aliphatic carbocycles. The fourth-order valence-corrected chi connectivity index (χ4v) is 4.33. The summed E-state index contributed by atoms with van der Waals surface area (Å²) in [7, 11) is -1.81. The Morgan fingerprint density at radius 2 is 1.63 bits per heavy atom. The van der Waals surface area contributed by atoms with Crippen LogP contribution in [0.5, 0.6) is 0 Å². The minimum absolute atomic E-state index is 0.0991. The molecule has 0 atom stereocenters. The van der Waals surface area contributed by atoms with Crippen LogP contribution in [-0.4, -0.2) is 35.6 Å². The Hall–Kier alpha value is -1.08. The predicted molar refractivity (Wildman–Crippen MR) is 74.2 cm³/mol. The summed E-state index contributed by atoms with van der Waals surface area (Å²) in [5.74, 6) is 0.0991. The fraction of sp³-hybridized carbons (Fsp3) is 0.750. The van der Waals surface area contributed by atoms with Crippen LogP contribution in [0.15, 0.2) is 4.90 Å². The Morgan fingerprint density at radius 1 is 1.11 bits per heavy atom. The van der Waals surface area contributed by atoms with E-state index in [4.69, 9.17) is 5.73 Å². The van der Waals surface area contributed by atoms with Crippen molar-refractivity contribution in [2.75, 3.05) is 18.8 Å². The first-order valence-electron chi connectivity index (χ1n) is 6.74. The second-order valence-electron chi connectivity index (χ2n) is 5.10. The number of hydrogen-bond acceptors (Lipinski definition) is 4. The average Bonchev–Trinajstić information content (AvgIpc) is 2.51. The van der Waals surface area contributed by atoms with Crippen LogP contribution in [0.4, 0.5) is 5.82 Å². The van der Waals surface area contributed by atoms with Gasteiger partial charge in [0, 0.05) is 20.1 Å². The summed E-state index contributed by atoms with van der Waals surface area (Å²) < 4.78 is 28.5. The van der Waals surface area contributed by atoms with Crippen molar-refractivity contribution in [1.29, 1.82) is 0 Å². The zero-order valence-electron chi connectivity index (χ0n) is 11.6. The molecular formula is C12H22N4O2S. The number of hydrogen-bond donors (Lipinski definition) is 1. The maximum absolute atomic E-state index is 12.7. The molecular weight excluding hydrogens is 264 g/mol. The van der Waals surface area contributed by atoms with Gasteiger partial charge >= 0.3 is 0 Å². The van der Waals surface area contributed by atoms with Crippen molar-refractivity contribution in [3.8, 4) is 0 Å². The van der Waals surface area contributed by atoms with E-state index in [1.54, 1.807) is 18.3 Å². The van der Waals surface area contributed by atoms with Gasteiger partial charge in [0.05, 0.1) is 5.69 Å². The Labute approximate surface area is 114 Å². The van der Waals surface area contributed by atoms with Gasteiger partial charge in [-0.15, -0.1) is 0 Å². The first kappa shape index (κ1) is 14.3. The SMILES string of the molecule is Cc1c(S(=O)(=O)N2CCCCCCC2)c(N)nn1C. The zero-order chi connectivity index (χ0) is 14.0. The zero-order valence-corrected chi connectivity index (χ0v) is 12.4. The number of sulfonamides is 1. The van der Waals surface area contributed by atoms with Crippen molar-refractivity contribution in [3.05, 3.63) is 5.69 Å². The summed E-state index contributed by atoms with van der Waals surface area (Å²) >= 11 is 0. The smallest absolute Gasteiger partial charge is 0.248 e. The third-order valence-electron chi connectivity index (χ3n) is 3.72. The van der Waals surface area contributed by atoms with Crippen molar-refractivity contribution in [1.82, 2.24) is 14.1 Å². The first-order chi connectivity index (χ1) is 8.94. The molecule has 7 heteroatoms. The number of nitrogens with zero attached hydrogens (tertiary/aromatic N) is 3. The highest BCUT2D eigenvalue weighted by Gasteiger charge is 2.30. The molecule has 1 fully saturated rings. The number of nitrogen functional groups attached to an aromatic ring is 1. The first-order valence-corrected chi connectivity index (χ1v) is 8.18. The van der Waals surface area contributed by atoms with Gasteiger partial charge in [0.1, 0.15) is 4.90 Å². The largest absolute Gasteiger partial charge is 0.381 e. The number of aromatic nitrogens is 2. The molecule has 2 heterocycles. The van der Waals surface area contributed by atoms with Crippen molar-refractivity contribution >= 4 is 15.8 Å². The van der Waals surface area contributed by atoms with E-state index in [2.05, 4.69) is 5.10 Å². The van der Waals surface area contributed by atoms with Crippen molar-refractivity contribution < 1.29 is 8.42 Å². The van der Waals surface area contributed by atoms with Crippen LogP contribution in [0.3, 0.4) is 0 Å². The van der Waals surface area contributed by atoms with Gasteiger partial charge in [0.2, 0.25) is 10.0 Å². The molecule has 1 aliphatic rings. The molecule has 1 saturated heterocycles. The summed E-state index contributed by atoms with van der Waals surface area (Å²) in [5.41, 5.74) is 6.36. The van der Waals surface area contributed by atoms with E-state index in [-0.39, 0.29) is 10.7 Å². The van der Waals surface area contributed by atoms with Gasteiger partial charge in [0.25, 0.3) is 0 Å². The molecule has 0 bridgehead atoms. The van der Waals surface area contributed by atoms with Gasteiger partial charge in [-0.05, 0) is 19.8 Å². The average molecular weight is 286 g/mol. The molecule has 6 nitrogen and oxygen atoms in total. The molecule has 2 N–H and O–H groups in total. The van der Waals surface area contributed by atoms with Crippen LogP contribution in [0, 0.1) is 6.92 Å². The van der Waals surface area contributed by atoms with Crippen LogP contribution in [0.2, 0.25) is 0 Å². The second-order valence-corrected chi connectivity index (χ2v) is 6.97. The maximum Gasteiger partial charge on any atom is 0.248 e. The molecule has 1 aromatic heterocycles. The summed E-state index contributed by atoms with van der Waals surface area (Å²) in [6, 6.07) is 0. The standard InChI is InChI=1S/C12H22N4O2S/c1-10-11(12(13)14-15(10)2)19(17,18)16-8-6-4-3-5-7-9-16/h3-9H2,1-2H3,(H2,13,14). The summed E-state index contributed by atoms with van der Waals surface area (Å²) in [4.78, 5) is 0.176. The third-order valence-corrected chi connectivity index (χ3v) is 5.78. The van der Waals surface area contributed by atoms with E-state index in [9.17, 15) is 8.42 Å². The summed E-state index contributed by atoms with van der Waals surface area (Å²) in [5, 5.41) is 4.00. The molecule has 0 radical (unpaired) electrons. The Morgan fingerprint density at radius 3 is 2.11 bits per heavy atom. The number of nitrogens with two attached hydrogens (primary N) is 1. The van der Waals surface area contributed by atoms with Crippen molar-refractivity contribution in [3.63, 3.8) is 0 Å². The molecule has 0 unspecified atom stereocenters. The lowest BCUT2D eigenvalue weighted by molar-refractivity contribution is 0.364. The summed E-state index contributed by atoms with van der Waals surface area (Å²) in [6.07, 6.45) is 5.21. The van der Waals surface area contributed by atoms with Crippen LogP contribution in [-0.2, 0) is 17.1 Å². The van der Waals surface area contributed by atoms with E-state index in [1.165, 1.54) is 11.1 Å². The van der Waals surface area contributed by atoms with Gasteiger partial charge in [-0.1, -0.05) is 19.3 Å². The Balaban J connectivity index is 2.35. The molecule has 1 aliphatic heterocycles. The quantitative estimate of drug-likeness (QED) is 0.887. The maximum atomic E-state index is 12.7. The lowest BCUT2D eigenvalue weighted by Crippen LogP contribution is -2.34. The van der Waals surface area contributed by atoms with Gasteiger partial charge < -0.3 is 5.73 Å². The monoisotopic (exact) mass is 286 g/mol. The van der Waals surface area contributed by atoms with Crippen LogP contribution < -0.4 is 5.73 Å². The third kappa shape index (κ3) is 2.76. The van der Waals surface area contributed by atoms with Crippen LogP contribution in [0.1, 0.15) is 37.8 Å². The summed E-state index contributed by atoms with van der Waals surface area (Å²) in [6.45, 7) is 2.90. The van der Waals surface area contributed by atoms with Crippen molar-refractivity contribution in [2.24, 2.45) is 7.05 Å². The predicted octanol–water partition coefficient (Wildman–Crippen LogP) is 1.27. The van der Waals surface area contributed by atoms with Crippen molar-refractivity contribution in [2.45, 2.75) is 43.9 Å². The van der Waals surface area contributed by atoms with Gasteiger partial charge in [-0.2, -0.15) is 9.40 Å². The minimum atomic E-state index is -3.52. The fourth-order valence-electron chi connectivity index (χ4n) is 2.52. The van der Waals surface area contributed by atoms with E-state index in [1.807, 2.05) is 0 Å². The Bertz CT molecular complexity index is 542. The van der Waals surface area contributed by atoms with Crippen LogP contribution >= 0.6 is 0 Å². The highest BCUT2D eigenvalue weighted by atomic mass is 32.2. The normalized spacial score (nSPS) is 19.1. The van der Waals surface area contributed by atoms with Gasteiger partial charge in [-0.25, -0.2) is 8.42 Å². The Kier molecular flexibility index (Phi) is 4.15. The molecule has 0 spiro atoms. The second kappa shape index (κ2) is 5.50. The van der Waals surface area contributed by atoms with E-state index in [0.29, 0.717) is 18.8 Å². The van der Waals surface area contributed by atoms with E-state index >= 15 is 0 Å². The number of rotatable bonds is 2. The molecule has 19 heavy (non-hydrogen) atoms. The molecule has 0 aromatic carbocycles. The molecule has 0 amide bonds. The van der Waals surface area contributed by atoms with E-state index in [0.717, 1.165) is 25.7 Å². The molecule has 108 valence electrons. The van der Waals surface area contributed by atoms with Crippen LogP contribution in [0.25, 0.3) is 0 Å². The van der Waals surface area contributed by atoms with E-state index < -0.39 is 10.0 Å².